The monoisotopic (exact) mass is 528 g/mol. The molecule has 5 rings (SSSR count). The van der Waals surface area contributed by atoms with Gasteiger partial charge in [0.25, 0.3) is 0 Å². The van der Waals surface area contributed by atoms with Gasteiger partial charge in [-0.05, 0) is 42.4 Å². The number of ether oxygens (including phenoxy) is 1. The van der Waals surface area contributed by atoms with Crippen LogP contribution in [0.5, 0.6) is 0 Å². The van der Waals surface area contributed by atoms with Gasteiger partial charge in [0.2, 0.25) is 5.78 Å². The molecule has 3 heterocycles. The fraction of sp³-hybridized carbons (Fsp3) is 0.417. The molecular formula is C24H28N6O6S. The minimum Gasteiger partial charge on any atom is -0.380 e. The number of nitrogens with one attached hydrogen (secondary N) is 1. The third-order valence-electron chi connectivity index (χ3n) is 6.67. The minimum absolute atomic E-state index is 0.00347. The van der Waals surface area contributed by atoms with Crippen LogP contribution < -0.4 is 10.5 Å². The first-order valence-electron chi connectivity index (χ1n) is 11.9. The van der Waals surface area contributed by atoms with Crippen molar-refractivity contribution in [2.24, 2.45) is 11.1 Å². The molecule has 1 saturated carbocycles. The second kappa shape index (κ2) is 10.3. The number of hydrogen-bond donors (Lipinski definition) is 3. The van der Waals surface area contributed by atoms with Gasteiger partial charge < -0.3 is 15.2 Å². The number of hydrogen-bond acceptors (Lipinski definition) is 10. The summed E-state index contributed by atoms with van der Waals surface area (Å²) in [6.45, 7) is 1.01. The van der Waals surface area contributed by atoms with Crippen LogP contribution in [0, 0.1) is 5.92 Å². The number of aromatic nitrogens is 4. The lowest BCUT2D eigenvalue weighted by Crippen LogP contribution is -2.46. The summed E-state index contributed by atoms with van der Waals surface area (Å²) in [4.78, 5) is 21.6. The molecule has 1 aliphatic carbocycles. The standard InChI is InChI=1S/C24H28N6O6S/c25-37(33,34)36-12-17-4-5-19(9-17)28-23-20(10-26-15-27-23)22(31)21-6-7-30(29-21)11-16-2-1-3-18(8-16)24(32)13-35-14-24/h1-3,6-8,10,15,17,19,32H,4-5,9,11-14H2,(H2,25,33,34)(H,26,27,28). The number of carbonyl (C=O) groups excluding carboxylic acids is 1. The van der Waals surface area contributed by atoms with E-state index in [4.69, 9.17) is 14.1 Å². The van der Waals surface area contributed by atoms with Gasteiger partial charge in [0.1, 0.15) is 23.4 Å². The molecule has 4 N–H and O–H groups in total. The molecule has 0 radical (unpaired) electrons. The Morgan fingerprint density at radius 1 is 1.30 bits per heavy atom. The van der Waals surface area contributed by atoms with E-state index in [1.807, 2.05) is 24.3 Å². The zero-order valence-corrected chi connectivity index (χ0v) is 20.8. The van der Waals surface area contributed by atoms with E-state index in [0.29, 0.717) is 24.3 Å². The fourth-order valence-corrected chi connectivity index (χ4v) is 5.05. The van der Waals surface area contributed by atoms with Gasteiger partial charge in [0.05, 0.1) is 31.9 Å². The summed E-state index contributed by atoms with van der Waals surface area (Å²) in [6.07, 6.45) is 6.73. The van der Waals surface area contributed by atoms with Crippen LogP contribution in [-0.2, 0) is 31.4 Å². The van der Waals surface area contributed by atoms with Gasteiger partial charge >= 0.3 is 10.3 Å². The van der Waals surface area contributed by atoms with Crippen LogP contribution in [0.2, 0.25) is 0 Å². The van der Waals surface area contributed by atoms with Crippen LogP contribution in [0.3, 0.4) is 0 Å². The van der Waals surface area contributed by atoms with E-state index in [2.05, 4.69) is 20.4 Å². The molecule has 2 atom stereocenters. The van der Waals surface area contributed by atoms with Crippen LogP contribution in [0.15, 0.2) is 49.1 Å². The largest absolute Gasteiger partial charge is 0.380 e. The number of nitrogens with zero attached hydrogens (tertiary/aromatic N) is 4. The van der Waals surface area contributed by atoms with Gasteiger partial charge in [0, 0.05) is 18.4 Å². The maximum absolute atomic E-state index is 13.3. The zero-order valence-electron chi connectivity index (χ0n) is 20.0. The highest BCUT2D eigenvalue weighted by Crippen LogP contribution is 2.30. The van der Waals surface area contributed by atoms with Crippen molar-refractivity contribution in [2.45, 2.75) is 37.5 Å². The Bertz CT molecular complexity index is 1390. The van der Waals surface area contributed by atoms with Gasteiger partial charge in [-0.2, -0.15) is 13.5 Å². The lowest BCUT2D eigenvalue weighted by molar-refractivity contribution is -0.184. The Hall–Kier alpha value is -3.23. The molecule has 2 aliphatic rings. The SMILES string of the molecule is NS(=O)(=O)OCC1CCC(Nc2ncncc2C(=O)c2ccn(Cc3cccc(C4(O)COC4)c3)n2)C1. The number of nitrogens with two attached hydrogens (primary N) is 1. The van der Waals surface area contributed by atoms with E-state index in [9.17, 15) is 18.3 Å². The molecule has 37 heavy (non-hydrogen) atoms. The molecule has 2 aromatic heterocycles. The first kappa shape index (κ1) is 25.4. The number of rotatable bonds is 10. The summed E-state index contributed by atoms with van der Waals surface area (Å²) in [7, 11) is -3.97. The number of aliphatic hydroxyl groups is 1. The first-order valence-corrected chi connectivity index (χ1v) is 13.4. The second-order valence-corrected chi connectivity index (χ2v) is 10.8. The molecular weight excluding hydrogens is 500 g/mol. The van der Waals surface area contributed by atoms with E-state index in [1.54, 1.807) is 16.9 Å². The first-order chi connectivity index (χ1) is 17.7. The van der Waals surface area contributed by atoms with E-state index < -0.39 is 15.9 Å². The Balaban J connectivity index is 1.24. The lowest BCUT2D eigenvalue weighted by Gasteiger charge is -2.36. The van der Waals surface area contributed by atoms with Crippen molar-refractivity contribution in [1.82, 2.24) is 19.7 Å². The minimum atomic E-state index is -3.97. The van der Waals surface area contributed by atoms with Crippen LogP contribution in [0.1, 0.15) is 46.4 Å². The molecule has 196 valence electrons. The average molecular weight is 529 g/mol. The molecule has 0 spiro atoms. The summed E-state index contributed by atoms with van der Waals surface area (Å²) in [5.41, 5.74) is 1.33. The fourth-order valence-electron chi connectivity index (χ4n) is 4.67. The van der Waals surface area contributed by atoms with Gasteiger partial charge in [0.15, 0.2) is 0 Å². The molecule has 2 unspecified atom stereocenters. The van der Waals surface area contributed by atoms with Gasteiger partial charge in [-0.25, -0.2) is 15.1 Å². The summed E-state index contributed by atoms with van der Waals surface area (Å²) < 4.78 is 33.6. The van der Waals surface area contributed by atoms with E-state index in [0.717, 1.165) is 24.0 Å². The number of benzene rings is 1. The second-order valence-electron chi connectivity index (χ2n) is 9.54. The third-order valence-corrected chi connectivity index (χ3v) is 7.14. The Morgan fingerprint density at radius 2 is 2.14 bits per heavy atom. The highest BCUT2D eigenvalue weighted by molar-refractivity contribution is 7.84. The molecule has 1 saturated heterocycles. The number of carbonyl (C=O) groups is 1. The topological polar surface area (TPSA) is 172 Å². The highest BCUT2D eigenvalue weighted by atomic mass is 32.2. The summed E-state index contributed by atoms with van der Waals surface area (Å²) in [6, 6.07) is 9.24. The van der Waals surface area contributed by atoms with E-state index >= 15 is 0 Å². The summed E-state index contributed by atoms with van der Waals surface area (Å²) in [5, 5.41) is 23.2. The van der Waals surface area contributed by atoms with Crippen molar-refractivity contribution in [1.29, 1.82) is 0 Å². The van der Waals surface area contributed by atoms with Crippen LogP contribution in [-0.4, -0.2) is 64.9 Å². The molecule has 12 nitrogen and oxygen atoms in total. The average Bonchev–Trinajstić information content (AvgIpc) is 3.50. The zero-order chi connectivity index (χ0) is 26.0. The molecule has 0 amide bonds. The maximum Gasteiger partial charge on any atom is 0.333 e. The predicted molar refractivity (Wildman–Crippen MR) is 132 cm³/mol. The molecule has 1 aromatic carbocycles. The van der Waals surface area contributed by atoms with Crippen molar-refractivity contribution >= 4 is 21.9 Å². The highest BCUT2D eigenvalue weighted by Gasteiger charge is 2.38. The van der Waals surface area contributed by atoms with Crippen molar-refractivity contribution in [2.75, 3.05) is 25.1 Å². The maximum atomic E-state index is 13.3. The van der Waals surface area contributed by atoms with Gasteiger partial charge in [-0.1, -0.05) is 24.3 Å². The quantitative estimate of drug-likeness (QED) is 0.322. The van der Waals surface area contributed by atoms with E-state index in [1.165, 1.54) is 12.5 Å². The lowest BCUT2D eigenvalue weighted by atomic mass is 9.91. The predicted octanol–water partition coefficient (Wildman–Crippen LogP) is 0.971. The molecule has 13 heteroatoms. The molecule has 2 fully saturated rings. The third kappa shape index (κ3) is 6.02. The Morgan fingerprint density at radius 3 is 2.89 bits per heavy atom. The molecule has 1 aliphatic heterocycles. The Kier molecular flexibility index (Phi) is 7.05. The molecule has 3 aromatic rings. The normalized spacial score (nSPS) is 20.9. The van der Waals surface area contributed by atoms with Crippen molar-refractivity contribution in [3.63, 3.8) is 0 Å². The molecule has 0 bridgehead atoms. The Labute approximate surface area is 214 Å². The van der Waals surface area contributed by atoms with Crippen molar-refractivity contribution < 1.29 is 27.2 Å². The van der Waals surface area contributed by atoms with Crippen molar-refractivity contribution in [3.05, 3.63) is 71.4 Å². The van der Waals surface area contributed by atoms with Crippen molar-refractivity contribution in [3.8, 4) is 0 Å². The number of ketones is 1. The smallest absolute Gasteiger partial charge is 0.333 e. The van der Waals surface area contributed by atoms with Gasteiger partial charge in [-0.15, -0.1) is 0 Å². The summed E-state index contributed by atoms with van der Waals surface area (Å²) in [5.74, 6) is 0.114. The summed E-state index contributed by atoms with van der Waals surface area (Å²) >= 11 is 0. The van der Waals surface area contributed by atoms with Crippen LogP contribution >= 0.6 is 0 Å². The van der Waals surface area contributed by atoms with Crippen LogP contribution in [0.4, 0.5) is 5.82 Å². The van der Waals surface area contributed by atoms with Crippen LogP contribution in [0.25, 0.3) is 0 Å². The number of anilines is 1. The van der Waals surface area contributed by atoms with Gasteiger partial charge in [-0.3, -0.25) is 13.7 Å². The van der Waals surface area contributed by atoms with E-state index in [-0.39, 0.29) is 43.3 Å².